The summed E-state index contributed by atoms with van der Waals surface area (Å²) in [4.78, 5) is 9.42. The van der Waals surface area contributed by atoms with Gasteiger partial charge in [0.25, 0.3) is 0 Å². The molecule has 2 aliphatic rings. The second kappa shape index (κ2) is 5.73. The standard InChI is InChI=1S/C16H22N4O/c1-2-7-17-12(4-1)10-15-19-14-5-3-8-18-16(14)20(15)13-6-9-21-11-13/h3,5,8,12-13,17H,1-2,4,6-7,9-11H2. The van der Waals surface area contributed by atoms with Gasteiger partial charge < -0.3 is 14.6 Å². The fourth-order valence-electron chi connectivity index (χ4n) is 3.55. The Morgan fingerprint density at radius 3 is 3.14 bits per heavy atom. The number of rotatable bonds is 3. The van der Waals surface area contributed by atoms with Crippen LogP contribution in [0.25, 0.3) is 11.2 Å². The first-order chi connectivity index (χ1) is 10.4. The monoisotopic (exact) mass is 286 g/mol. The van der Waals surface area contributed by atoms with Crippen LogP contribution in [0.15, 0.2) is 18.3 Å². The maximum atomic E-state index is 5.58. The Balaban J connectivity index is 1.70. The molecule has 2 aromatic rings. The average molecular weight is 286 g/mol. The summed E-state index contributed by atoms with van der Waals surface area (Å²) in [5.74, 6) is 1.17. The molecule has 0 radical (unpaired) electrons. The number of pyridine rings is 1. The van der Waals surface area contributed by atoms with Gasteiger partial charge in [-0.1, -0.05) is 6.42 Å². The summed E-state index contributed by atoms with van der Waals surface area (Å²) in [7, 11) is 0. The fourth-order valence-corrected chi connectivity index (χ4v) is 3.55. The average Bonchev–Trinajstić information content (AvgIpc) is 3.14. The van der Waals surface area contributed by atoms with Gasteiger partial charge in [0.2, 0.25) is 0 Å². The van der Waals surface area contributed by atoms with E-state index in [1.54, 1.807) is 0 Å². The molecule has 2 saturated heterocycles. The fraction of sp³-hybridized carbons (Fsp3) is 0.625. The zero-order valence-corrected chi connectivity index (χ0v) is 12.3. The summed E-state index contributed by atoms with van der Waals surface area (Å²) in [6, 6.07) is 4.97. The van der Waals surface area contributed by atoms with Crippen LogP contribution in [0.5, 0.6) is 0 Å². The summed E-state index contributed by atoms with van der Waals surface area (Å²) in [5.41, 5.74) is 2.02. The zero-order chi connectivity index (χ0) is 14.1. The molecule has 5 heteroatoms. The van der Waals surface area contributed by atoms with Crippen molar-refractivity contribution < 1.29 is 4.74 Å². The van der Waals surface area contributed by atoms with E-state index in [1.807, 2.05) is 12.3 Å². The van der Waals surface area contributed by atoms with Crippen LogP contribution >= 0.6 is 0 Å². The van der Waals surface area contributed by atoms with Crippen molar-refractivity contribution >= 4 is 11.2 Å². The maximum absolute atomic E-state index is 5.58. The van der Waals surface area contributed by atoms with Crippen LogP contribution in [0.2, 0.25) is 0 Å². The van der Waals surface area contributed by atoms with Crippen molar-refractivity contribution in [3.8, 4) is 0 Å². The molecule has 21 heavy (non-hydrogen) atoms. The lowest BCUT2D eigenvalue weighted by molar-refractivity contribution is 0.186. The Hall–Kier alpha value is -1.46. The SMILES string of the molecule is c1cnc2c(c1)nc(CC1CCCCN1)n2C1CCOC1. The van der Waals surface area contributed by atoms with Gasteiger partial charge in [-0.05, 0) is 37.9 Å². The lowest BCUT2D eigenvalue weighted by Crippen LogP contribution is -2.36. The minimum atomic E-state index is 0.392. The first-order valence-electron chi connectivity index (χ1n) is 8.05. The van der Waals surface area contributed by atoms with Gasteiger partial charge in [0.15, 0.2) is 5.65 Å². The molecule has 4 rings (SSSR count). The molecule has 0 aliphatic carbocycles. The Kier molecular flexibility index (Phi) is 3.61. The van der Waals surface area contributed by atoms with Crippen molar-refractivity contribution in [3.05, 3.63) is 24.2 Å². The third-order valence-electron chi connectivity index (χ3n) is 4.63. The number of fused-ring (bicyclic) bond motifs is 1. The van der Waals surface area contributed by atoms with E-state index in [-0.39, 0.29) is 0 Å². The Morgan fingerprint density at radius 1 is 1.33 bits per heavy atom. The van der Waals surface area contributed by atoms with Crippen molar-refractivity contribution in [1.29, 1.82) is 0 Å². The predicted molar refractivity (Wildman–Crippen MR) is 81.3 cm³/mol. The van der Waals surface area contributed by atoms with E-state index in [2.05, 4.69) is 20.9 Å². The molecule has 0 aromatic carbocycles. The molecule has 2 unspecified atom stereocenters. The Bertz CT molecular complexity index is 612. The van der Waals surface area contributed by atoms with E-state index in [4.69, 9.17) is 9.72 Å². The molecular formula is C16H22N4O. The second-order valence-corrected chi connectivity index (χ2v) is 6.11. The van der Waals surface area contributed by atoms with Gasteiger partial charge in [0.05, 0.1) is 12.6 Å². The Labute approximate surface area is 124 Å². The molecule has 4 heterocycles. The summed E-state index contributed by atoms with van der Waals surface area (Å²) in [6.45, 7) is 2.76. The first-order valence-corrected chi connectivity index (χ1v) is 8.05. The summed E-state index contributed by atoms with van der Waals surface area (Å²) < 4.78 is 7.91. The van der Waals surface area contributed by atoms with Gasteiger partial charge in [-0.3, -0.25) is 0 Å². The molecule has 0 saturated carbocycles. The highest BCUT2D eigenvalue weighted by molar-refractivity contribution is 5.71. The molecule has 2 aromatic heterocycles. The number of hydrogen-bond donors (Lipinski definition) is 1. The maximum Gasteiger partial charge on any atom is 0.160 e. The van der Waals surface area contributed by atoms with Crippen LogP contribution in [-0.2, 0) is 11.2 Å². The zero-order valence-electron chi connectivity index (χ0n) is 12.3. The third kappa shape index (κ3) is 2.56. The summed E-state index contributed by atoms with van der Waals surface area (Å²) in [6.07, 6.45) is 7.78. The highest BCUT2D eigenvalue weighted by Crippen LogP contribution is 2.27. The number of ether oxygens (including phenoxy) is 1. The van der Waals surface area contributed by atoms with Gasteiger partial charge in [0, 0.05) is 25.3 Å². The molecule has 2 aliphatic heterocycles. The largest absolute Gasteiger partial charge is 0.379 e. The topological polar surface area (TPSA) is 52.0 Å². The van der Waals surface area contributed by atoms with E-state index >= 15 is 0 Å². The number of hydrogen-bond acceptors (Lipinski definition) is 4. The van der Waals surface area contributed by atoms with Crippen molar-refractivity contribution in [3.63, 3.8) is 0 Å². The van der Waals surface area contributed by atoms with E-state index in [1.165, 1.54) is 25.1 Å². The van der Waals surface area contributed by atoms with Gasteiger partial charge >= 0.3 is 0 Å². The van der Waals surface area contributed by atoms with Crippen molar-refractivity contribution in [2.75, 3.05) is 19.8 Å². The minimum Gasteiger partial charge on any atom is -0.379 e. The molecule has 2 fully saturated rings. The number of nitrogens with one attached hydrogen (secondary N) is 1. The van der Waals surface area contributed by atoms with Crippen molar-refractivity contribution in [2.45, 2.75) is 44.2 Å². The third-order valence-corrected chi connectivity index (χ3v) is 4.63. The normalized spacial score (nSPS) is 26.5. The van der Waals surface area contributed by atoms with E-state index < -0.39 is 0 Å². The van der Waals surface area contributed by atoms with Gasteiger partial charge in [-0.25, -0.2) is 9.97 Å². The summed E-state index contributed by atoms with van der Waals surface area (Å²) in [5, 5.41) is 3.62. The predicted octanol–water partition coefficient (Wildman–Crippen LogP) is 2.08. The molecule has 1 N–H and O–H groups in total. The van der Waals surface area contributed by atoms with Gasteiger partial charge in [-0.2, -0.15) is 0 Å². The molecular weight excluding hydrogens is 264 g/mol. The number of piperidine rings is 1. The van der Waals surface area contributed by atoms with E-state index in [0.29, 0.717) is 12.1 Å². The smallest absolute Gasteiger partial charge is 0.160 e. The van der Waals surface area contributed by atoms with Crippen LogP contribution < -0.4 is 5.32 Å². The van der Waals surface area contributed by atoms with Crippen LogP contribution in [0.3, 0.4) is 0 Å². The Morgan fingerprint density at radius 2 is 2.33 bits per heavy atom. The molecule has 2 atom stereocenters. The van der Waals surface area contributed by atoms with Crippen LogP contribution in [0, 0.1) is 0 Å². The molecule has 0 amide bonds. The highest BCUT2D eigenvalue weighted by Gasteiger charge is 2.25. The highest BCUT2D eigenvalue weighted by atomic mass is 16.5. The molecule has 112 valence electrons. The molecule has 0 spiro atoms. The van der Waals surface area contributed by atoms with E-state index in [0.717, 1.165) is 43.8 Å². The lowest BCUT2D eigenvalue weighted by Gasteiger charge is -2.24. The van der Waals surface area contributed by atoms with Crippen LogP contribution in [0.1, 0.15) is 37.5 Å². The minimum absolute atomic E-state index is 0.392. The van der Waals surface area contributed by atoms with E-state index in [9.17, 15) is 0 Å². The van der Waals surface area contributed by atoms with Crippen molar-refractivity contribution in [1.82, 2.24) is 19.9 Å². The van der Waals surface area contributed by atoms with Crippen LogP contribution in [0.4, 0.5) is 0 Å². The number of nitrogens with zero attached hydrogens (tertiary/aromatic N) is 3. The number of aromatic nitrogens is 3. The van der Waals surface area contributed by atoms with Crippen molar-refractivity contribution in [2.24, 2.45) is 0 Å². The van der Waals surface area contributed by atoms with Crippen LogP contribution in [-0.4, -0.2) is 40.3 Å². The lowest BCUT2D eigenvalue weighted by atomic mass is 10.0. The van der Waals surface area contributed by atoms with Gasteiger partial charge in [-0.15, -0.1) is 0 Å². The molecule has 5 nitrogen and oxygen atoms in total. The molecule has 0 bridgehead atoms. The quantitative estimate of drug-likeness (QED) is 0.938. The summed E-state index contributed by atoms with van der Waals surface area (Å²) >= 11 is 0. The first kappa shape index (κ1) is 13.2. The number of imidazole rings is 1. The second-order valence-electron chi connectivity index (χ2n) is 6.11. The van der Waals surface area contributed by atoms with Gasteiger partial charge in [0.1, 0.15) is 11.3 Å².